The average molecular weight is 299 g/mol. The molecule has 0 aliphatic heterocycles. The van der Waals surface area contributed by atoms with Crippen molar-refractivity contribution in [1.29, 1.82) is 0 Å². The van der Waals surface area contributed by atoms with Crippen LogP contribution in [-0.2, 0) is 15.3 Å². The molecule has 1 aromatic rings. The number of esters is 1. The third-order valence-corrected chi connectivity index (χ3v) is 4.01. The van der Waals surface area contributed by atoms with Crippen molar-refractivity contribution in [2.24, 2.45) is 5.73 Å². The lowest BCUT2D eigenvalue weighted by atomic mass is 10.1. The number of thioether (sulfide) groups is 1. The lowest BCUT2D eigenvalue weighted by molar-refractivity contribution is -0.141. The summed E-state index contributed by atoms with van der Waals surface area (Å²) < 4.78 is 15.1. The van der Waals surface area contributed by atoms with E-state index in [1.165, 1.54) is 7.11 Å². The molecule has 0 saturated carbocycles. The fourth-order valence-electron chi connectivity index (χ4n) is 1.69. The van der Waals surface area contributed by atoms with Gasteiger partial charge in [-0.05, 0) is 30.2 Å². The highest BCUT2D eigenvalue weighted by Gasteiger charge is 2.14. The van der Waals surface area contributed by atoms with Crippen LogP contribution < -0.4 is 15.2 Å². The molecule has 20 heavy (non-hydrogen) atoms. The van der Waals surface area contributed by atoms with E-state index in [9.17, 15) is 4.79 Å². The van der Waals surface area contributed by atoms with Crippen molar-refractivity contribution in [3.8, 4) is 11.5 Å². The lowest BCUT2D eigenvalue weighted by Crippen LogP contribution is -2.33. The molecule has 0 amide bonds. The van der Waals surface area contributed by atoms with Crippen molar-refractivity contribution in [2.75, 3.05) is 27.1 Å². The zero-order valence-electron chi connectivity index (χ0n) is 12.3. The predicted molar refractivity (Wildman–Crippen MR) is 80.4 cm³/mol. The molecule has 6 heteroatoms. The SMILES string of the molecule is COC(=O)C(N)CSCc1cc(OC)c(OC)cc1C. The molecule has 1 unspecified atom stereocenters. The van der Waals surface area contributed by atoms with Gasteiger partial charge in [-0.1, -0.05) is 0 Å². The van der Waals surface area contributed by atoms with Crippen LogP contribution >= 0.6 is 11.8 Å². The maximum atomic E-state index is 11.2. The number of hydrogen-bond acceptors (Lipinski definition) is 6. The number of carbonyl (C=O) groups excluding carboxylic acids is 1. The molecule has 0 radical (unpaired) electrons. The number of rotatable bonds is 7. The largest absolute Gasteiger partial charge is 0.493 e. The average Bonchev–Trinajstić information content (AvgIpc) is 2.47. The van der Waals surface area contributed by atoms with Crippen LogP contribution in [0.4, 0.5) is 0 Å². The van der Waals surface area contributed by atoms with Gasteiger partial charge in [0, 0.05) is 11.5 Å². The van der Waals surface area contributed by atoms with Crippen LogP contribution in [0.3, 0.4) is 0 Å². The fourth-order valence-corrected chi connectivity index (χ4v) is 2.73. The van der Waals surface area contributed by atoms with Gasteiger partial charge < -0.3 is 19.9 Å². The minimum absolute atomic E-state index is 0.387. The monoisotopic (exact) mass is 299 g/mol. The summed E-state index contributed by atoms with van der Waals surface area (Å²) in [6.07, 6.45) is 0. The molecular formula is C14H21NO4S. The summed E-state index contributed by atoms with van der Waals surface area (Å²) in [5.41, 5.74) is 7.93. The molecule has 2 N–H and O–H groups in total. The summed E-state index contributed by atoms with van der Waals surface area (Å²) in [6.45, 7) is 2.01. The van der Waals surface area contributed by atoms with Crippen LogP contribution in [0.5, 0.6) is 11.5 Å². The number of nitrogens with two attached hydrogens (primary N) is 1. The van der Waals surface area contributed by atoms with E-state index in [0.717, 1.165) is 16.9 Å². The predicted octanol–water partition coefficient (Wildman–Crippen LogP) is 1.75. The lowest BCUT2D eigenvalue weighted by Gasteiger charge is -2.13. The third-order valence-electron chi connectivity index (χ3n) is 2.90. The van der Waals surface area contributed by atoms with Gasteiger partial charge in [0.15, 0.2) is 11.5 Å². The van der Waals surface area contributed by atoms with Crippen molar-refractivity contribution in [3.63, 3.8) is 0 Å². The van der Waals surface area contributed by atoms with Crippen molar-refractivity contribution < 1.29 is 19.0 Å². The summed E-state index contributed by atoms with van der Waals surface area (Å²) in [6, 6.07) is 3.30. The summed E-state index contributed by atoms with van der Waals surface area (Å²) in [7, 11) is 4.56. The van der Waals surface area contributed by atoms with Crippen LogP contribution in [0.1, 0.15) is 11.1 Å². The first-order valence-electron chi connectivity index (χ1n) is 6.16. The Hall–Kier alpha value is -1.40. The van der Waals surface area contributed by atoms with Crippen LogP contribution in [0.2, 0.25) is 0 Å². The van der Waals surface area contributed by atoms with E-state index < -0.39 is 6.04 Å². The zero-order valence-corrected chi connectivity index (χ0v) is 13.1. The number of ether oxygens (including phenoxy) is 3. The van der Waals surface area contributed by atoms with Gasteiger partial charge in [0.2, 0.25) is 0 Å². The Morgan fingerprint density at radius 1 is 1.25 bits per heavy atom. The first-order valence-corrected chi connectivity index (χ1v) is 7.31. The molecule has 1 atom stereocenters. The Morgan fingerprint density at radius 3 is 2.40 bits per heavy atom. The molecule has 0 aliphatic carbocycles. The van der Waals surface area contributed by atoms with Gasteiger partial charge in [0.25, 0.3) is 0 Å². The maximum Gasteiger partial charge on any atom is 0.323 e. The topological polar surface area (TPSA) is 70.8 Å². The normalized spacial score (nSPS) is 11.8. The number of hydrogen-bond donors (Lipinski definition) is 1. The van der Waals surface area contributed by atoms with E-state index in [1.807, 2.05) is 19.1 Å². The van der Waals surface area contributed by atoms with E-state index in [1.54, 1.807) is 26.0 Å². The molecule has 1 rings (SSSR count). The van der Waals surface area contributed by atoms with Crippen molar-refractivity contribution >= 4 is 17.7 Å². The molecule has 0 spiro atoms. The van der Waals surface area contributed by atoms with Gasteiger partial charge >= 0.3 is 5.97 Å². The Labute approximate surface area is 123 Å². The van der Waals surface area contributed by atoms with Gasteiger partial charge in [-0.3, -0.25) is 4.79 Å². The Morgan fingerprint density at radius 2 is 1.85 bits per heavy atom. The van der Waals surface area contributed by atoms with Crippen LogP contribution in [0.25, 0.3) is 0 Å². The van der Waals surface area contributed by atoms with Gasteiger partial charge in [0.1, 0.15) is 6.04 Å². The fraction of sp³-hybridized carbons (Fsp3) is 0.500. The van der Waals surface area contributed by atoms with Gasteiger partial charge in [-0.2, -0.15) is 11.8 Å². The highest BCUT2D eigenvalue weighted by Crippen LogP contribution is 2.31. The minimum Gasteiger partial charge on any atom is -0.493 e. The number of methoxy groups -OCH3 is 3. The molecule has 0 fully saturated rings. The number of benzene rings is 1. The van der Waals surface area contributed by atoms with Crippen LogP contribution in [0.15, 0.2) is 12.1 Å². The molecule has 112 valence electrons. The molecule has 0 heterocycles. The molecule has 1 aromatic carbocycles. The van der Waals surface area contributed by atoms with E-state index in [2.05, 4.69) is 4.74 Å². The Bertz CT molecular complexity index is 465. The summed E-state index contributed by atoms with van der Waals surface area (Å²) >= 11 is 1.58. The van der Waals surface area contributed by atoms with Crippen molar-refractivity contribution in [2.45, 2.75) is 18.7 Å². The van der Waals surface area contributed by atoms with Gasteiger partial charge in [0.05, 0.1) is 21.3 Å². The second kappa shape index (κ2) is 8.01. The van der Waals surface area contributed by atoms with E-state index >= 15 is 0 Å². The smallest absolute Gasteiger partial charge is 0.323 e. The molecule has 0 aliphatic rings. The quantitative estimate of drug-likeness (QED) is 0.773. The summed E-state index contributed by atoms with van der Waals surface area (Å²) in [4.78, 5) is 11.2. The molecule has 5 nitrogen and oxygen atoms in total. The molecule has 0 bridgehead atoms. The maximum absolute atomic E-state index is 11.2. The van der Waals surface area contributed by atoms with Gasteiger partial charge in [-0.25, -0.2) is 0 Å². The first-order chi connectivity index (χ1) is 9.53. The first kappa shape index (κ1) is 16.7. The second-order valence-electron chi connectivity index (χ2n) is 4.28. The van der Waals surface area contributed by atoms with Crippen molar-refractivity contribution in [3.05, 3.63) is 23.3 Å². The summed E-state index contributed by atoms with van der Waals surface area (Å²) in [5, 5.41) is 0. The Balaban J connectivity index is 2.66. The standard InChI is InChI=1S/C14H21NO4S/c1-9-5-12(17-2)13(18-3)6-10(9)7-20-8-11(15)14(16)19-4/h5-6,11H,7-8,15H2,1-4H3. The molecule has 0 aromatic heterocycles. The third kappa shape index (κ3) is 4.31. The molecular weight excluding hydrogens is 278 g/mol. The summed E-state index contributed by atoms with van der Waals surface area (Å²) in [5.74, 6) is 2.29. The minimum atomic E-state index is -0.592. The zero-order chi connectivity index (χ0) is 15.1. The number of aryl methyl sites for hydroxylation is 1. The second-order valence-corrected chi connectivity index (χ2v) is 5.31. The van der Waals surface area contributed by atoms with E-state index in [0.29, 0.717) is 17.3 Å². The van der Waals surface area contributed by atoms with Crippen LogP contribution in [-0.4, -0.2) is 39.1 Å². The van der Waals surface area contributed by atoms with Crippen molar-refractivity contribution in [1.82, 2.24) is 0 Å². The Kier molecular flexibility index (Phi) is 6.67. The van der Waals surface area contributed by atoms with Gasteiger partial charge in [-0.15, -0.1) is 0 Å². The molecule has 0 saturated heterocycles. The van der Waals surface area contributed by atoms with E-state index in [-0.39, 0.29) is 5.97 Å². The number of carbonyl (C=O) groups is 1. The highest BCUT2D eigenvalue weighted by molar-refractivity contribution is 7.98. The highest BCUT2D eigenvalue weighted by atomic mass is 32.2. The van der Waals surface area contributed by atoms with Crippen LogP contribution in [0, 0.1) is 6.92 Å². The van der Waals surface area contributed by atoms with E-state index in [4.69, 9.17) is 15.2 Å².